The van der Waals surface area contributed by atoms with Crippen LogP contribution < -0.4 is 23.7 Å². The Labute approximate surface area is 222 Å². The molecule has 11 heteroatoms. The topological polar surface area (TPSA) is 99.2 Å². The summed E-state index contributed by atoms with van der Waals surface area (Å²) >= 11 is 6.17. The van der Waals surface area contributed by atoms with Gasteiger partial charge in [-0.05, 0) is 56.4 Å². The van der Waals surface area contributed by atoms with Gasteiger partial charge < -0.3 is 23.8 Å². The predicted molar refractivity (Wildman–Crippen MR) is 142 cm³/mol. The van der Waals surface area contributed by atoms with Crippen LogP contribution in [-0.4, -0.2) is 59.3 Å². The first kappa shape index (κ1) is 26.8. The summed E-state index contributed by atoms with van der Waals surface area (Å²) < 4.78 is 52.3. The maximum absolute atomic E-state index is 13.3. The molecule has 3 aromatic rings. The van der Waals surface area contributed by atoms with Crippen LogP contribution in [0.5, 0.6) is 23.1 Å². The molecular weight excluding hydrogens is 518 g/mol. The summed E-state index contributed by atoms with van der Waals surface area (Å²) in [6.45, 7) is 3.44. The van der Waals surface area contributed by atoms with E-state index < -0.39 is 10.0 Å². The summed E-state index contributed by atoms with van der Waals surface area (Å²) in [5.41, 5.74) is 2.20. The average molecular weight is 548 g/mol. The zero-order chi connectivity index (χ0) is 26.6. The molecule has 2 heterocycles. The van der Waals surface area contributed by atoms with Crippen LogP contribution in [0.3, 0.4) is 0 Å². The van der Waals surface area contributed by atoms with Crippen molar-refractivity contribution in [3.8, 4) is 23.1 Å². The van der Waals surface area contributed by atoms with E-state index >= 15 is 0 Å². The molecule has 1 aliphatic heterocycles. The van der Waals surface area contributed by atoms with Crippen LogP contribution in [0.2, 0.25) is 5.02 Å². The number of hydrogen-bond acceptors (Lipinski definition) is 8. The fourth-order valence-corrected chi connectivity index (χ4v) is 5.36. The molecule has 0 bridgehead atoms. The van der Waals surface area contributed by atoms with Gasteiger partial charge in [0.05, 0.1) is 18.6 Å². The van der Waals surface area contributed by atoms with Gasteiger partial charge in [-0.25, -0.2) is 13.4 Å². The zero-order valence-corrected chi connectivity index (χ0v) is 22.8. The third-order valence-corrected chi connectivity index (χ3v) is 7.74. The Balaban J connectivity index is 1.60. The number of hydrogen-bond donors (Lipinski definition) is 1. The molecule has 37 heavy (non-hydrogen) atoms. The van der Waals surface area contributed by atoms with Crippen molar-refractivity contribution in [1.82, 2.24) is 9.88 Å². The van der Waals surface area contributed by atoms with Gasteiger partial charge in [0.15, 0.2) is 22.9 Å². The third kappa shape index (κ3) is 6.20. The van der Waals surface area contributed by atoms with Crippen molar-refractivity contribution >= 4 is 27.3 Å². The van der Waals surface area contributed by atoms with E-state index in [1.165, 1.54) is 6.07 Å². The number of ether oxygens (including phenoxy) is 4. The van der Waals surface area contributed by atoms with Gasteiger partial charge in [0, 0.05) is 29.7 Å². The van der Waals surface area contributed by atoms with Gasteiger partial charge in [-0.3, -0.25) is 4.72 Å². The van der Waals surface area contributed by atoms with Crippen molar-refractivity contribution in [2.75, 3.05) is 45.7 Å². The number of fused-ring (bicyclic) bond motifs is 1. The summed E-state index contributed by atoms with van der Waals surface area (Å²) in [6.07, 6.45) is 2.27. The quantitative estimate of drug-likeness (QED) is 0.379. The van der Waals surface area contributed by atoms with Crippen molar-refractivity contribution in [3.05, 3.63) is 64.3 Å². The number of nitrogens with zero attached hydrogens (tertiary/aromatic N) is 2. The first-order valence-corrected chi connectivity index (χ1v) is 13.6. The van der Waals surface area contributed by atoms with Gasteiger partial charge in [-0.1, -0.05) is 23.7 Å². The Morgan fingerprint density at radius 3 is 2.73 bits per heavy atom. The molecule has 4 rings (SSSR count). The minimum Gasteiger partial charge on any atom is -0.493 e. The summed E-state index contributed by atoms with van der Waals surface area (Å²) in [7, 11) is 1.52. The largest absolute Gasteiger partial charge is 0.493 e. The van der Waals surface area contributed by atoms with Gasteiger partial charge in [0.25, 0.3) is 10.0 Å². The highest BCUT2D eigenvalue weighted by atomic mass is 35.5. The average Bonchev–Trinajstić information content (AvgIpc) is 3.34. The van der Waals surface area contributed by atoms with E-state index in [4.69, 9.17) is 30.5 Å². The number of nitrogens with one attached hydrogen (secondary N) is 1. The number of anilines is 1. The summed E-state index contributed by atoms with van der Waals surface area (Å²) in [4.78, 5) is 6.48. The molecule has 1 aliphatic rings. The first-order valence-electron chi connectivity index (χ1n) is 11.7. The lowest BCUT2D eigenvalue weighted by Gasteiger charge is -2.17. The first-order chi connectivity index (χ1) is 17.7. The van der Waals surface area contributed by atoms with Crippen LogP contribution in [0.15, 0.2) is 47.5 Å². The van der Waals surface area contributed by atoms with Gasteiger partial charge in [0.2, 0.25) is 5.88 Å². The molecule has 1 aromatic heterocycles. The Bertz CT molecular complexity index is 1380. The number of pyridine rings is 1. The number of rotatable bonds is 11. The van der Waals surface area contributed by atoms with Crippen LogP contribution in [0.25, 0.3) is 0 Å². The van der Waals surface area contributed by atoms with Crippen molar-refractivity contribution in [1.29, 1.82) is 0 Å². The van der Waals surface area contributed by atoms with Crippen molar-refractivity contribution < 1.29 is 27.4 Å². The van der Waals surface area contributed by atoms with E-state index in [-0.39, 0.29) is 23.1 Å². The summed E-state index contributed by atoms with van der Waals surface area (Å²) in [5.74, 6) is 1.72. The second-order valence-electron chi connectivity index (χ2n) is 8.79. The minimum atomic E-state index is -4.00. The molecule has 0 spiro atoms. The highest BCUT2D eigenvalue weighted by Gasteiger charge is 2.27. The summed E-state index contributed by atoms with van der Waals surface area (Å²) in [6, 6.07) is 10.2. The predicted octanol–water partition coefficient (Wildman–Crippen LogP) is 4.31. The molecule has 9 nitrogen and oxygen atoms in total. The molecule has 0 atom stereocenters. The van der Waals surface area contributed by atoms with Crippen molar-refractivity contribution in [2.24, 2.45) is 0 Å². The van der Waals surface area contributed by atoms with E-state index in [9.17, 15) is 8.42 Å². The lowest BCUT2D eigenvalue weighted by atomic mass is 10.2. The molecule has 1 N–H and O–H groups in total. The van der Waals surface area contributed by atoms with Gasteiger partial charge in [-0.2, -0.15) is 0 Å². The molecule has 198 valence electrons. The van der Waals surface area contributed by atoms with Crippen LogP contribution in [-0.2, 0) is 23.1 Å². The Morgan fingerprint density at radius 1 is 1.16 bits per heavy atom. The Morgan fingerprint density at radius 2 is 1.97 bits per heavy atom. The van der Waals surface area contributed by atoms with Gasteiger partial charge in [-0.15, -0.1) is 0 Å². The fraction of sp³-hybridized carbons (Fsp3) is 0.346. The molecule has 0 saturated carbocycles. The highest BCUT2D eigenvalue weighted by molar-refractivity contribution is 7.92. The van der Waals surface area contributed by atoms with Crippen LogP contribution in [0.4, 0.5) is 5.69 Å². The van der Waals surface area contributed by atoms with Crippen LogP contribution >= 0.6 is 11.6 Å². The van der Waals surface area contributed by atoms with Gasteiger partial charge >= 0.3 is 0 Å². The van der Waals surface area contributed by atoms with E-state index in [1.807, 2.05) is 31.1 Å². The number of aromatic nitrogens is 1. The smallest absolute Gasteiger partial charge is 0.262 e. The van der Waals surface area contributed by atoms with E-state index in [1.54, 1.807) is 38.4 Å². The summed E-state index contributed by atoms with van der Waals surface area (Å²) in [5, 5.41) is 0.357. The lowest BCUT2D eigenvalue weighted by molar-refractivity contribution is 0.249. The van der Waals surface area contributed by atoms with E-state index in [2.05, 4.69) is 9.71 Å². The van der Waals surface area contributed by atoms with Crippen LogP contribution in [0.1, 0.15) is 16.7 Å². The van der Waals surface area contributed by atoms with E-state index in [0.717, 1.165) is 17.7 Å². The number of halogens is 1. The number of benzene rings is 2. The lowest BCUT2D eigenvalue weighted by Crippen LogP contribution is -2.19. The molecule has 0 aliphatic carbocycles. The zero-order valence-electron chi connectivity index (χ0n) is 21.2. The molecule has 0 amide bonds. The number of methoxy groups -OCH3 is 1. The fourth-order valence-electron chi connectivity index (χ4n) is 3.80. The molecule has 0 saturated heterocycles. The maximum atomic E-state index is 13.3. The van der Waals surface area contributed by atoms with Gasteiger partial charge in [0.1, 0.15) is 13.2 Å². The highest BCUT2D eigenvalue weighted by Crippen LogP contribution is 2.41. The second-order valence-corrected chi connectivity index (χ2v) is 10.8. The van der Waals surface area contributed by atoms with Crippen molar-refractivity contribution in [3.63, 3.8) is 0 Å². The molecule has 0 unspecified atom stereocenters. The Hall–Kier alpha value is -3.21. The second kappa shape index (κ2) is 11.5. The number of sulfonamides is 1. The maximum Gasteiger partial charge on any atom is 0.262 e. The standard InChI is InChI=1S/C26H30ClN3O6S/c1-17-20(27)6-5-7-23(17)37(31,32)29-24-25-19(10-12-35-25)15-28-26(24)36-16-18-8-9-21(33-4)22(14-18)34-13-11-30(2)3/h5-9,14-15,29H,10-13,16H2,1-4H3. The van der Waals surface area contributed by atoms with Crippen molar-refractivity contribution in [2.45, 2.75) is 24.8 Å². The normalized spacial score (nSPS) is 12.7. The molecule has 0 fully saturated rings. The Kier molecular flexibility index (Phi) is 8.31. The third-order valence-electron chi connectivity index (χ3n) is 5.83. The van der Waals surface area contributed by atoms with E-state index in [0.29, 0.717) is 47.5 Å². The SMILES string of the molecule is COc1ccc(COc2ncc3c(c2NS(=O)(=O)c2cccc(Cl)c2C)OCC3)cc1OCCN(C)C. The minimum absolute atomic E-state index is 0.0659. The van der Waals surface area contributed by atoms with Crippen LogP contribution in [0, 0.1) is 6.92 Å². The molecular formula is C26H30ClN3O6S. The molecule has 2 aromatic carbocycles. The monoisotopic (exact) mass is 547 g/mol. The molecule has 0 radical (unpaired) electrons. The number of likely N-dealkylation sites (N-methyl/N-ethyl adjacent to an activating group) is 1.